The Labute approximate surface area is 153 Å². The molecule has 4 nitrogen and oxygen atoms in total. The maximum Gasteiger partial charge on any atom is 0.193 e. The Balaban J connectivity index is 2.09. The number of hydrogen-bond donors (Lipinski definition) is 1. The fourth-order valence-electron chi connectivity index (χ4n) is 3.68. The molecule has 25 heavy (non-hydrogen) atoms. The average molecular weight is 344 g/mol. The predicted molar refractivity (Wildman–Crippen MR) is 106 cm³/mol. The van der Waals surface area contributed by atoms with Gasteiger partial charge >= 0.3 is 0 Å². The Morgan fingerprint density at radius 1 is 1.36 bits per heavy atom. The van der Waals surface area contributed by atoms with Crippen molar-refractivity contribution < 1.29 is 4.74 Å². The van der Waals surface area contributed by atoms with E-state index in [1.54, 1.807) is 0 Å². The van der Waals surface area contributed by atoms with Gasteiger partial charge in [0.25, 0.3) is 0 Å². The molecule has 0 unspecified atom stereocenters. The minimum absolute atomic E-state index is 0.113. The highest BCUT2D eigenvalue weighted by Crippen LogP contribution is 2.36. The van der Waals surface area contributed by atoms with E-state index in [2.05, 4.69) is 60.0 Å². The van der Waals surface area contributed by atoms with Crippen LogP contribution in [0.2, 0.25) is 0 Å². The van der Waals surface area contributed by atoms with E-state index in [0.717, 1.165) is 57.9 Å². The molecule has 0 aromatic heterocycles. The summed E-state index contributed by atoms with van der Waals surface area (Å²) in [4.78, 5) is 6.68. The highest BCUT2D eigenvalue weighted by molar-refractivity contribution is 5.79. The Morgan fingerprint density at radius 3 is 2.72 bits per heavy atom. The van der Waals surface area contributed by atoms with Gasteiger partial charge in [0, 0.05) is 45.8 Å². The van der Waals surface area contributed by atoms with Crippen molar-refractivity contribution in [2.24, 2.45) is 4.99 Å². The molecule has 1 fully saturated rings. The molecule has 138 valence electrons. The summed E-state index contributed by atoms with van der Waals surface area (Å²) in [5.74, 6) is 0.962. The molecular weight excluding hydrogens is 310 g/mol. The number of aliphatic imine (C=N–C) groups is 1. The maximum atomic E-state index is 5.65. The molecule has 1 aliphatic heterocycles. The second-order valence-corrected chi connectivity index (χ2v) is 6.96. The first-order chi connectivity index (χ1) is 12.1. The molecule has 2 rings (SSSR count). The van der Waals surface area contributed by atoms with Crippen LogP contribution in [0.4, 0.5) is 0 Å². The third kappa shape index (κ3) is 5.08. The van der Waals surface area contributed by atoms with Crippen LogP contribution in [0.15, 0.2) is 41.9 Å². The first-order valence-electron chi connectivity index (χ1n) is 9.29. The molecule has 1 aliphatic rings. The van der Waals surface area contributed by atoms with Crippen molar-refractivity contribution in [3.8, 4) is 0 Å². The van der Waals surface area contributed by atoms with Crippen molar-refractivity contribution >= 4 is 5.96 Å². The SMILES string of the molecule is C=CCCCN(C)C(=NC)NCC1(c2ccccc2C)CCOCC1. The van der Waals surface area contributed by atoms with Crippen LogP contribution in [-0.4, -0.2) is 51.3 Å². The van der Waals surface area contributed by atoms with Gasteiger partial charge in [-0.2, -0.15) is 0 Å². The topological polar surface area (TPSA) is 36.9 Å². The van der Waals surface area contributed by atoms with E-state index in [4.69, 9.17) is 4.74 Å². The number of rotatable bonds is 7. The van der Waals surface area contributed by atoms with Gasteiger partial charge in [0.15, 0.2) is 5.96 Å². The van der Waals surface area contributed by atoms with Gasteiger partial charge in [-0.15, -0.1) is 6.58 Å². The van der Waals surface area contributed by atoms with Crippen LogP contribution in [0, 0.1) is 6.92 Å². The standard InChI is InChI=1S/C21H33N3O/c1-5-6-9-14-24(4)20(22-3)23-17-21(12-15-25-16-13-21)19-11-8-7-10-18(19)2/h5,7-8,10-11H,1,6,9,12-17H2,2-4H3,(H,22,23). The Kier molecular flexibility index (Phi) is 7.51. The van der Waals surface area contributed by atoms with E-state index in [-0.39, 0.29) is 5.41 Å². The fourth-order valence-corrected chi connectivity index (χ4v) is 3.68. The normalized spacial score (nSPS) is 17.2. The number of nitrogens with one attached hydrogen (secondary N) is 1. The van der Waals surface area contributed by atoms with E-state index in [9.17, 15) is 0 Å². The first kappa shape index (κ1) is 19.5. The summed E-state index contributed by atoms with van der Waals surface area (Å²) in [6.45, 7) is 9.52. The summed E-state index contributed by atoms with van der Waals surface area (Å²) in [5.41, 5.74) is 2.91. The van der Waals surface area contributed by atoms with Crippen molar-refractivity contribution in [1.29, 1.82) is 0 Å². The Morgan fingerprint density at radius 2 is 2.08 bits per heavy atom. The lowest BCUT2D eigenvalue weighted by atomic mass is 9.72. The quantitative estimate of drug-likeness (QED) is 0.356. The number of unbranched alkanes of at least 4 members (excludes halogenated alkanes) is 1. The third-order valence-electron chi connectivity index (χ3n) is 5.23. The Hall–Kier alpha value is -1.81. The van der Waals surface area contributed by atoms with E-state index in [1.807, 2.05) is 13.1 Å². The molecule has 0 amide bonds. The van der Waals surface area contributed by atoms with Gasteiger partial charge in [0.2, 0.25) is 0 Å². The van der Waals surface area contributed by atoms with Crippen molar-refractivity contribution in [3.05, 3.63) is 48.0 Å². The summed E-state index contributed by atoms with van der Waals surface area (Å²) in [5, 5.41) is 3.63. The molecule has 0 spiro atoms. The zero-order chi connectivity index (χ0) is 18.1. The monoisotopic (exact) mass is 343 g/mol. The molecule has 1 aromatic carbocycles. The molecule has 1 saturated heterocycles. The summed E-state index contributed by atoms with van der Waals surface area (Å²) in [6, 6.07) is 8.75. The third-order valence-corrected chi connectivity index (χ3v) is 5.23. The molecule has 0 atom stereocenters. The van der Waals surface area contributed by atoms with Crippen molar-refractivity contribution in [3.63, 3.8) is 0 Å². The van der Waals surface area contributed by atoms with Gasteiger partial charge < -0.3 is 15.0 Å². The number of benzene rings is 1. The van der Waals surface area contributed by atoms with Crippen LogP contribution in [-0.2, 0) is 10.2 Å². The molecule has 0 saturated carbocycles. The number of ether oxygens (including phenoxy) is 1. The van der Waals surface area contributed by atoms with Gasteiger partial charge in [-0.3, -0.25) is 4.99 Å². The molecule has 0 aliphatic carbocycles. The number of hydrogen-bond acceptors (Lipinski definition) is 2. The van der Waals surface area contributed by atoms with Crippen LogP contribution < -0.4 is 5.32 Å². The van der Waals surface area contributed by atoms with Crippen LogP contribution in [0.5, 0.6) is 0 Å². The fraction of sp³-hybridized carbons (Fsp3) is 0.571. The van der Waals surface area contributed by atoms with Crippen LogP contribution in [0.25, 0.3) is 0 Å². The smallest absolute Gasteiger partial charge is 0.193 e. The lowest BCUT2D eigenvalue weighted by molar-refractivity contribution is 0.0510. The minimum Gasteiger partial charge on any atom is -0.381 e. The van der Waals surface area contributed by atoms with Gasteiger partial charge in [0.1, 0.15) is 0 Å². The minimum atomic E-state index is 0.113. The number of guanidine groups is 1. The largest absolute Gasteiger partial charge is 0.381 e. The van der Waals surface area contributed by atoms with Crippen molar-refractivity contribution in [1.82, 2.24) is 10.2 Å². The second kappa shape index (κ2) is 9.62. The molecule has 4 heteroatoms. The predicted octanol–water partition coefficient (Wildman–Crippen LogP) is 3.52. The van der Waals surface area contributed by atoms with E-state index in [1.165, 1.54) is 11.1 Å². The molecule has 0 radical (unpaired) electrons. The van der Waals surface area contributed by atoms with E-state index >= 15 is 0 Å². The second-order valence-electron chi connectivity index (χ2n) is 6.96. The summed E-state index contributed by atoms with van der Waals surface area (Å²) >= 11 is 0. The zero-order valence-corrected chi connectivity index (χ0v) is 16.1. The van der Waals surface area contributed by atoms with Gasteiger partial charge in [-0.1, -0.05) is 30.3 Å². The van der Waals surface area contributed by atoms with E-state index in [0.29, 0.717) is 0 Å². The number of nitrogens with zero attached hydrogens (tertiary/aromatic N) is 2. The van der Waals surface area contributed by atoms with Crippen LogP contribution in [0.1, 0.15) is 36.8 Å². The van der Waals surface area contributed by atoms with Crippen LogP contribution in [0.3, 0.4) is 0 Å². The summed E-state index contributed by atoms with van der Waals surface area (Å²) in [7, 11) is 3.96. The van der Waals surface area contributed by atoms with E-state index < -0.39 is 0 Å². The van der Waals surface area contributed by atoms with Gasteiger partial charge in [0.05, 0.1) is 0 Å². The molecular formula is C21H33N3O. The van der Waals surface area contributed by atoms with Crippen molar-refractivity contribution in [2.45, 2.75) is 38.0 Å². The molecule has 1 N–H and O–H groups in total. The summed E-state index contributed by atoms with van der Waals surface area (Å²) < 4.78 is 5.65. The highest BCUT2D eigenvalue weighted by atomic mass is 16.5. The lowest BCUT2D eigenvalue weighted by Crippen LogP contribution is -2.48. The lowest BCUT2D eigenvalue weighted by Gasteiger charge is -2.39. The first-order valence-corrected chi connectivity index (χ1v) is 9.29. The van der Waals surface area contributed by atoms with Gasteiger partial charge in [-0.05, 0) is 43.7 Å². The highest BCUT2D eigenvalue weighted by Gasteiger charge is 2.35. The molecule has 1 aromatic rings. The summed E-state index contributed by atoms with van der Waals surface area (Å²) in [6.07, 6.45) is 6.19. The zero-order valence-electron chi connectivity index (χ0n) is 16.1. The maximum absolute atomic E-state index is 5.65. The van der Waals surface area contributed by atoms with Crippen molar-refractivity contribution in [2.75, 3.05) is 40.4 Å². The average Bonchev–Trinajstić information content (AvgIpc) is 2.63. The number of aryl methyl sites for hydroxylation is 1. The molecule has 1 heterocycles. The van der Waals surface area contributed by atoms with Gasteiger partial charge in [-0.25, -0.2) is 0 Å². The van der Waals surface area contributed by atoms with Crippen LogP contribution >= 0.6 is 0 Å². The Bertz CT molecular complexity index is 576. The molecule has 0 bridgehead atoms. The number of allylic oxidation sites excluding steroid dienone is 1.